The number of anilines is 1. The molecule has 1 aliphatic heterocycles. The van der Waals surface area contributed by atoms with Gasteiger partial charge in [-0.1, -0.05) is 53.7 Å². The molecule has 0 spiro atoms. The van der Waals surface area contributed by atoms with Gasteiger partial charge in [-0.15, -0.1) is 0 Å². The highest BCUT2D eigenvalue weighted by molar-refractivity contribution is 7.98. The number of thioether (sulfide) groups is 1. The number of benzene rings is 3. The molecule has 4 aromatic rings. The zero-order chi connectivity index (χ0) is 26.8. The van der Waals surface area contributed by atoms with Crippen molar-refractivity contribution in [2.24, 2.45) is 0 Å². The summed E-state index contributed by atoms with van der Waals surface area (Å²) in [5, 5.41) is 5.89. The highest BCUT2D eigenvalue weighted by Gasteiger charge is 2.45. The van der Waals surface area contributed by atoms with Crippen LogP contribution in [0.3, 0.4) is 0 Å². The monoisotopic (exact) mass is 549 g/mol. The number of fused-ring (bicyclic) bond motifs is 3. The average molecular weight is 550 g/mol. The van der Waals surface area contributed by atoms with E-state index in [1.54, 1.807) is 22.8 Å². The van der Waals surface area contributed by atoms with Crippen molar-refractivity contribution in [2.75, 3.05) is 18.6 Å². The topological polar surface area (TPSA) is 88.4 Å². The summed E-state index contributed by atoms with van der Waals surface area (Å²) in [4.78, 5) is 31.2. The summed E-state index contributed by atoms with van der Waals surface area (Å²) in [5.74, 6) is 1.43. The minimum Gasteiger partial charge on any atom is -0.493 e. The molecule has 1 amide bonds. The van der Waals surface area contributed by atoms with Crippen molar-refractivity contribution in [1.82, 2.24) is 10.1 Å². The van der Waals surface area contributed by atoms with E-state index in [2.05, 4.69) is 4.98 Å². The normalized spacial score (nSPS) is 14.0. The second kappa shape index (κ2) is 10.9. The summed E-state index contributed by atoms with van der Waals surface area (Å²) in [7, 11) is 1.57. The maximum Gasteiger partial charge on any atom is 0.325 e. The van der Waals surface area contributed by atoms with Gasteiger partial charge in [0.2, 0.25) is 11.1 Å². The third kappa shape index (κ3) is 4.75. The van der Waals surface area contributed by atoms with Gasteiger partial charge in [0.15, 0.2) is 11.5 Å². The van der Waals surface area contributed by atoms with Crippen molar-refractivity contribution >= 4 is 35.0 Å². The number of nitrogens with one attached hydrogen (secondary N) is 1. The predicted molar refractivity (Wildman–Crippen MR) is 147 cm³/mol. The number of halogens is 1. The molecule has 1 atom stereocenters. The number of para-hydroxylation sites is 1. The van der Waals surface area contributed by atoms with Crippen LogP contribution < -0.4 is 24.6 Å². The first-order valence-corrected chi connectivity index (χ1v) is 13.4. The maximum absolute atomic E-state index is 13.5. The number of rotatable bonds is 7. The molecule has 1 aromatic heterocycles. The summed E-state index contributed by atoms with van der Waals surface area (Å²) in [6, 6.07) is 20.3. The number of hydrogen-bond donors (Lipinski definition) is 1. The molecule has 8 nitrogen and oxygen atoms in total. The zero-order valence-electron chi connectivity index (χ0n) is 21.1. The van der Waals surface area contributed by atoms with Gasteiger partial charge in [0, 0.05) is 28.4 Å². The Labute approximate surface area is 229 Å². The van der Waals surface area contributed by atoms with Crippen LogP contribution in [0.25, 0.3) is 11.3 Å². The second-order valence-corrected chi connectivity index (χ2v) is 9.93. The number of methoxy groups -OCH3 is 1. The number of aromatic amines is 1. The van der Waals surface area contributed by atoms with E-state index < -0.39 is 6.17 Å². The van der Waals surface area contributed by atoms with Crippen LogP contribution in [0.1, 0.15) is 31.1 Å². The van der Waals surface area contributed by atoms with Crippen molar-refractivity contribution in [3.05, 3.63) is 93.2 Å². The zero-order valence-corrected chi connectivity index (χ0v) is 22.7. The number of carbonyl (C=O) groups is 1. The van der Waals surface area contributed by atoms with Crippen LogP contribution >= 0.6 is 23.4 Å². The third-order valence-electron chi connectivity index (χ3n) is 6.21. The fourth-order valence-corrected chi connectivity index (χ4v) is 5.70. The van der Waals surface area contributed by atoms with Gasteiger partial charge in [-0.2, -0.15) is 0 Å². The Morgan fingerprint density at radius 3 is 2.63 bits per heavy atom. The van der Waals surface area contributed by atoms with Crippen LogP contribution in [0.15, 0.2) is 76.7 Å². The Balaban J connectivity index is 1.69. The van der Waals surface area contributed by atoms with Crippen LogP contribution in [0, 0.1) is 0 Å². The third-order valence-corrected chi connectivity index (χ3v) is 7.49. The molecule has 1 aliphatic rings. The van der Waals surface area contributed by atoms with E-state index >= 15 is 0 Å². The molecule has 10 heteroatoms. The molecule has 1 N–H and O–H groups in total. The van der Waals surface area contributed by atoms with Crippen LogP contribution in [0.4, 0.5) is 5.69 Å². The molecule has 3 aromatic carbocycles. The molecule has 0 aliphatic carbocycles. The van der Waals surface area contributed by atoms with Gasteiger partial charge in [0.25, 0.3) is 6.17 Å². The van der Waals surface area contributed by atoms with E-state index in [-0.39, 0.29) is 11.5 Å². The summed E-state index contributed by atoms with van der Waals surface area (Å²) in [6.07, 6.45) is -0.732. The largest absolute Gasteiger partial charge is 0.493 e. The van der Waals surface area contributed by atoms with E-state index in [0.717, 1.165) is 5.56 Å². The number of hydrogen-bond acceptors (Lipinski definition) is 6. The van der Waals surface area contributed by atoms with Crippen molar-refractivity contribution in [2.45, 2.75) is 30.9 Å². The molecule has 0 unspecified atom stereocenters. The van der Waals surface area contributed by atoms with Gasteiger partial charge in [-0.05, 0) is 53.6 Å². The lowest BCUT2D eigenvalue weighted by Crippen LogP contribution is -2.60. The van der Waals surface area contributed by atoms with Crippen LogP contribution in [0.2, 0.25) is 5.02 Å². The highest BCUT2D eigenvalue weighted by Crippen LogP contribution is 2.39. The minimum atomic E-state index is -0.732. The van der Waals surface area contributed by atoms with E-state index in [4.69, 9.17) is 26.2 Å². The molecular weight excluding hydrogens is 524 g/mol. The second-order valence-electron chi connectivity index (χ2n) is 8.56. The fourth-order valence-electron chi connectivity index (χ4n) is 4.56. The van der Waals surface area contributed by atoms with Gasteiger partial charge in [-0.3, -0.25) is 14.6 Å². The number of aromatic nitrogens is 3. The standard InChI is InChI=1S/C28H25ClN4O4S/c1-4-37-24-15-18(13-14-23(24)36-3)27-32(17(2)34)22-12-8-6-10-20(22)25-26(35)30-28(31-33(25)27)38-16-19-9-5-7-11-21(19)29/h5-15,27H,4,16H2,1-3H3/p+1/t27-/m1/s1. The molecule has 38 heavy (non-hydrogen) atoms. The number of H-pyrrole nitrogens is 1. The lowest BCUT2D eigenvalue weighted by Gasteiger charge is -2.31. The number of carbonyl (C=O) groups excluding carboxylic acids is 1. The van der Waals surface area contributed by atoms with Crippen molar-refractivity contribution in [1.29, 1.82) is 0 Å². The average Bonchev–Trinajstić information content (AvgIpc) is 2.91. The molecule has 0 bridgehead atoms. The maximum atomic E-state index is 13.5. The summed E-state index contributed by atoms with van der Waals surface area (Å²) >= 11 is 7.70. The molecule has 5 rings (SSSR count). The van der Waals surface area contributed by atoms with Crippen LogP contribution in [-0.2, 0) is 10.5 Å². The van der Waals surface area contributed by atoms with Crippen LogP contribution in [0.5, 0.6) is 11.5 Å². The number of amides is 1. The van der Waals surface area contributed by atoms with Crippen LogP contribution in [-0.4, -0.2) is 29.7 Å². The SMILES string of the molecule is CCOc1cc([C@@H]2N(C(C)=O)c3ccccc3-c3c(=O)[nH]c(SCc4ccccc4Cl)n[n+]32)ccc1OC. The van der Waals surface area contributed by atoms with Gasteiger partial charge < -0.3 is 9.47 Å². The van der Waals surface area contributed by atoms with Crippen molar-refractivity contribution in [3.63, 3.8) is 0 Å². The first-order chi connectivity index (χ1) is 18.4. The van der Waals surface area contributed by atoms with Gasteiger partial charge in [0.05, 0.1) is 25.0 Å². The molecule has 0 radical (unpaired) electrons. The molecule has 0 saturated carbocycles. The molecule has 0 fully saturated rings. The first kappa shape index (κ1) is 25.8. The molecular formula is C28H26ClN4O4S+. The lowest BCUT2D eigenvalue weighted by atomic mass is 10.0. The summed E-state index contributed by atoms with van der Waals surface area (Å²) in [5.41, 5.74) is 2.94. The van der Waals surface area contributed by atoms with E-state index in [1.165, 1.54) is 18.7 Å². The first-order valence-electron chi connectivity index (χ1n) is 12.0. The van der Waals surface area contributed by atoms with E-state index in [1.807, 2.05) is 67.6 Å². The fraction of sp³-hybridized carbons (Fsp3) is 0.214. The van der Waals surface area contributed by atoms with E-state index in [9.17, 15) is 9.59 Å². The van der Waals surface area contributed by atoms with Gasteiger partial charge >= 0.3 is 11.3 Å². The van der Waals surface area contributed by atoms with Gasteiger partial charge in [-0.25, -0.2) is 4.90 Å². The van der Waals surface area contributed by atoms with E-state index in [0.29, 0.717) is 56.5 Å². The smallest absolute Gasteiger partial charge is 0.325 e. The Hall–Kier alpha value is -3.82. The summed E-state index contributed by atoms with van der Waals surface area (Å²) < 4.78 is 12.9. The lowest BCUT2D eigenvalue weighted by molar-refractivity contribution is -0.763. The predicted octanol–water partition coefficient (Wildman–Crippen LogP) is 4.99. The molecule has 0 saturated heterocycles. The Kier molecular flexibility index (Phi) is 7.40. The van der Waals surface area contributed by atoms with Gasteiger partial charge in [0.1, 0.15) is 0 Å². The number of nitrogens with zero attached hydrogens (tertiary/aromatic N) is 3. The van der Waals surface area contributed by atoms with Crippen molar-refractivity contribution in [3.8, 4) is 22.8 Å². The summed E-state index contributed by atoms with van der Waals surface area (Å²) in [6.45, 7) is 3.83. The quantitative estimate of drug-likeness (QED) is 0.258. The molecule has 2 heterocycles. The minimum absolute atomic E-state index is 0.193. The van der Waals surface area contributed by atoms with Crippen molar-refractivity contribution < 1.29 is 19.0 Å². The Morgan fingerprint density at radius 1 is 1.13 bits per heavy atom. The molecule has 194 valence electrons. The Morgan fingerprint density at radius 2 is 1.89 bits per heavy atom. The highest BCUT2D eigenvalue weighted by atomic mass is 35.5. The Bertz CT molecular complexity index is 1570. The number of ether oxygens (including phenoxy) is 2.